The van der Waals surface area contributed by atoms with Crippen LogP contribution in [0, 0.1) is 0 Å². The molecule has 0 atom stereocenters. The molecule has 1 aromatic rings. The Morgan fingerprint density at radius 2 is 2.00 bits per heavy atom. The summed E-state index contributed by atoms with van der Waals surface area (Å²) in [4.78, 5) is 11.0. The first-order valence-electron chi connectivity index (χ1n) is 6.24. The summed E-state index contributed by atoms with van der Waals surface area (Å²) in [5, 5.41) is 4.09. The lowest BCUT2D eigenvalue weighted by Gasteiger charge is -2.12. The van der Waals surface area contributed by atoms with Crippen molar-refractivity contribution in [3.63, 3.8) is 0 Å². The Morgan fingerprint density at radius 1 is 1.24 bits per heavy atom. The summed E-state index contributed by atoms with van der Waals surface area (Å²) in [5.74, 6) is 0.00770. The van der Waals surface area contributed by atoms with Crippen LogP contribution in [0.4, 0.5) is 0 Å². The lowest BCUT2D eigenvalue weighted by Crippen LogP contribution is -2.25. The number of nitrogens with zero attached hydrogens (tertiary/aromatic N) is 1. The highest BCUT2D eigenvalue weighted by Crippen LogP contribution is 2.12. The zero-order chi connectivity index (χ0) is 12.1. The number of benzene rings is 1. The van der Waals surface area contributed by atoms with Crippen molar-refractivity contribution in [2.75, 3.05) is 0 Å². The van der Waals surface area contributed by atoms with Gasteiger partial charge in [0, 0.05) is 12.8 Å². The third kappa shape index (κ3) is 3.16. The van der Waals surface area contributed by atoms with Crippen LogP contribution in [-0.2, 0) is 11.2 Å². The SMILES string of the molecule is CCCCc1ccc(C2=NNC(=O)CC2)cc1. The van der Waals surface area contributed by atoms with Crippen LogP contribution >= 0.6 is 0 Å². The quantitative estimate of drug-likeness (QED) is 0.848. The standard InChI is InChI=1S/C14H18N2O/c1-2-3-4-11-5-7-12(8-6-11)13-9-10-14(17)16-15-13/h5-8H,2-4,9-10H2,1H3,(H,16,17). The molecule has 3 heteroatoms. The Morgan fingerprint density at radius 3 is 2.59 bits per heavy atom. The van der Waals surface area contributed by atoms with Crippen LogP contribution in [0.15, 0.2) is 29.4 Å². The summed E-state index contributed by atoms with van der Waals surface area (Å²) >= 11 is 0. The second kappa shape index (κ2) is 5.62. The fourth-order valence-electron chi connectivity index (χ4n) is 1.93. The normalized spacial score (nSPS) is 15.4. The molecule has 17 heavy (non-hydrogen) atoms. The minimum atomic E-state index is 0.00770. The van der Waals surface area contributed by atoms with Crippen molar-refractivity contribution in [2.24, 2.45) is 5.10 Å². The highest BCUT2D eigenvalue weighted by atomic mass is 16.2. The lowest BCUT2D eigenvalue weighted by molar-refractivity contribution is -0.121. The molecule has 1 aliphatic heterocycles. The molecule has 0 aromatic heterocycles. The molecule has 1 N–H and O–H groups in total. The van der Waals surface area contributed by atoms with Gasteiger partial charge in [-0.15, -0.1) is 0 Å². The Kier molecular flexibility index (Phi) is 3.91. The number of rotatable bonds is 4. The number of hydrazone groups is 1. The second-order valence-electron chi connectivity index (χ2n) is 4.39. The monoisotopic (exact) mass is 230 g/mol. The molecule has 0 fully saturated rings. The van der Waals surface area contributed by atoms with Crippen molar-refractivity contribution < 1.29 is 4.79 Å². The van der Waals surface area contributed by atoms with Crippen LogP contribution in [0.3, 0.4) is 0 Å². The van der Waals surface area contributed by atoms with Crippen LogP contribution in [0.1, 0.15) is 43.7 Å². The fraction of sp³-hybridized carbons (Fsp3) is 0.429. The van der Waals surface area contributed by atoms with Crippen LogP contribution in [-0.4, -0.2) is 11.6 Å². The molecule has 2 rings (SSSR count). The molecular formula is C14H18N2O. The van der Waals surface area contributed by atoms with E-state index < -0.39 is 0 Å². The van der Waals surface area contributed by atoms with Gasteiger partial charge in [0.05, 0.1) is 5.71 Å². The molecule has 0 saturated carbocycles. The van der Waals surface area contributed by atoms with E-state index in [2.05, 4.69) is 41.7 Å². The first-order valence-corrected chi connectivity index (χ1v) is 6.24. The molecule has 1 heterocycles. The molecule has 90 valence electrons. The molecule has 3 nitrogen and oxygen atoms in total. The predicted molar refractivity (Wildman–Crippen MR) is 69.0 cm³/mol. The van der Waals surface area contributed by atoms with Gasteiger partial charge in [-0.2, -0.15) is 5.10 Å². The van der Waals surface area contributed by atoms with E-state index in [9.17, 15) is 4.79 Å². The zero-order valence-electron chi connectivity index (χ0n) is 10.2. The summed E-state index contributed by atoms with van der Waals surface area (Å²) in [6, 6.07) is 8.51. The fourth-order valence-corrected chi connectivity index (χ4v) is 1.93. The van der Waals surface area contributed by atoms with Crippen molar-refractivity contribution in [2.45, 2.75) is 39.0 Å². The zero-order valence-corrected chi connectivity index (χ0v) is 10.2. The van der Waals surface area contributed by atoms with E-state index in [0.29, 0.717) is 6.42 Å². The number of nitrogens with one attached hydrogen (secondary N) is 1. The highest BCUT2D eigenvalue weighted by Gasteiger charge is 2.12. The average Bonchev–Trinajstić information content (AvgIpc) is 2.38. The van der Waals surface area contributed by atoms with E-state index in [4.69, 9.17) is 0 Å². The molecule has 0 aliphatic carbocycles. The van der Waals surface area contributed by atoms with E-state index in [1.807, 2.05) is 0 Å². The van der Waals surface area contributed by atoms with Gasteiger partial charge in [-0.25, -0.2) is 5.43 Å². The number of hydrogen-bond donors (Lipinski definition) is 1. The molecule has 0 unspecified atom stereocenters. The number of amides is 1. The second-order valence-corrected chi connectivity index (χ2v) is 4.39. The molecule has 0 spiro atoms. The average molecular weight is 230 g/mol. The lowest BCUT2D eigenvalue weighted by atomic mass is 10.0. The van der Waals surface area contributed by atoms with Crippen LogP contribution in [0.2, 0.25) is 0 Å². The Labute approximate surface area is 102 Å². The van der Waals surface area contributed by atoms with E-state index >= 15 is 0 Å². The summed E-state index contributed by atoms with van der Waals surface area (Å²) in [6.45, 7) is 2.20. The van der Waals surface area contributed by atoms with Gasteiger partial charge >= 0.3 is 0 Å². The van der Waals surface area contributed by atoms with Gasteiger partial charge in [0.1, 0.15) is 0 Å². The van der Waals surface area contributed by atoms with Gasteiger partial charge in [0.2, 0.25) is 5.91 Å². The molecule has 0 saturated heterocycles. The third-order valence-electron chi connectivity index (χ3n) is 3.01. The minimum absolute atomic E-state index is 0.00770. The maximum absolute atomic E-state index is 11.0. The van der Waals surface area contributed by atoms with Gasteiger partial charge in [0.15, 0.2) is 0 Å². The van der Waals surface area contributed by atoms with Crippen molar-refractivity contribution in [3.05, 3.63) is 35.4 Å². The maximum Gasteiger partial charge on any atom is 0.240 e. The Bertz CT molecular complexity index is 420. The van der Waals surface area contributed by atoms with Crippen molar-refractivity contribution in [3.8, 4) is 0 Å². The molecule has 1 aromatic carbocycles. The smallest absolute Gasteiger partial charge is 0.240 e. The number of hydrogen-bond acceptors (Lipinski definition) is 2. The molecular weight excluding hydrogens is 212 g/mol. The first-order chi connectivity index (χ1) is 8.29. The molecule has 0 bridgehead atoms. The van der Waals surface area contributed by atoms with Crippen LogP contribution in [0.5, 0.6) is 0 Å². The van der Waals surface area contributed by atoms with E-state index in [1.54, 1.807) is 0 Å². The number of carbonyl (C=O) groups excluding carboxylic acids is 1. The maximum atomic E-state index is 11.0. The van der Waals surface area contributed by atoms with Gasteiger partial charge in [-0.3, -0.25) is 4.79 Å². The summed E-state index contributed by atoms with van der Waals surface area (Å²) in [7, 11) is 0. The largest absolute Gasteiger partial charge is 0.273 e. The summed E-state index contributed by atoms with van der Waals surface area (Å²) in [6.07, 6.45) is 4.87. The van der Waals surface area contributed by atoms with E-state index in [-0.39, 0.29) is 5.91 Å². The van der Waals surface area contributed by atoms with Crippen LogP contribution < -0.4 is 5.43 Å². The van der Waals surface area contributed by atoms with Crippen LogP contribution in [0.25, 0.3) is 0 Å². The van der Waals surface area contributed by atoms with E-state index in [1.165, 1.54) is 18.4 Å². The van der Waals surface area contributed by atoms with Gasteiger partial charge in [0.25, 0.3) is 0 Å². The number of unbranched alkanes of at least 4 members (excludes halogenated alkanes) is 1. The van der Waals surface area contributed by atoms with Crippen molar-refractivity contribution >= 4 is 11.6 Å². The first kappa shape index (κ1) is 11.8. The van der Waals surface area contributed by atoms with E-state index in [0.717, 1.165) is 24.1 Å². The number of carbonyl (C=O) groups is 1. The van der Waals surface area contributed by atoms with Crippen molar-refractivity contribution in [1.29, 1.82) is 0 Å². The Balaban J connectivity index is 2.05. The van der Waals surface area contributed by atoms with Gasteiger partial charge in [-0.05, 0) is 24.0 Å². The molecule has 0 radical (unpaired) electrons. The highest BCUT2D eigenvalue weighted by molar-refractivity contribution is 6.04. The van der Waals surface area contributed by atoms with Crippen molar-refractivity contribution in [1.82, 2.24) is 5.43 Å². The number of aryl methyl sites for hydroxylation is 1. The minimum Gasteiger partial charge on any atom is -0.273 e. The predicted octanol–water partition coefficient (Wildman–Crippen LogP) is 2.64. The molecule has 1 amide bonds. The van der Waals surface area contributed by atoms with Gasteiger partial charge < -0.3 is 0 Å². The Hall–Kier alpha value is -1.64. The molecule has 1 aliphatic rings. The summed E-state index contributed by atoms with van der Waals surface area (Å²) in [5.41, 5.74) is 5.99. The third-order valence-corrected chi connectivity index (χ3v) is 3.01. The summed E-state index contributed by atoms with van der Waals surface area (Å²) < 4.78 is 0. The van der Waals surface area contributed by atoms with Gasteiger partial charge in [-0.1, -0.05) is 37.6 Å². The topological polar surface area (TPSA) is 41.5 Å².